The van der Waals surface area contributed by atoms with E-state index in [1.807, 2.05) is 20.8 Å². The maximum atomic E-state index is 13.8. The Balaban J connectivity index is 2.23. The number of nitrogens with two attached hydrogens (primary N) is 1. The largest absolute Gasteiger partial charge is 0.252 e. The molecular formula is C21H24FN3O3S2. The van der Waals surface area contributed by atoms with Crippen LogP contribution in [-0.2, 0) is 20.8 Å². The number of nitrogens with zero attached hydrogens (tertiary/aromatic N) is 2. The van der Waals surface area contributed by atoms with E-state index in [9.17, 15) is 17.0 Å². The number of aromatic nitrogens is 2. The fourth-order valence-corrected chi connectivity index (χ4v) is 4.43. The van der Waals surface area contributed by atoms with E-state index < -0.39 is 31.4 Å². The average molecular weight is 450 g/mol. The highest BCUT2D eigenvalue weighted by Gasteiger charge is 2.29. The summed E-state index contributed by atoms with van der Waals surface area (Å²) in [4.78, 5) is 9.04. The van der Waals surface area contributed by atoms with Gasteiger partial charge >= 0.3 is 0 Å². The summed E-state index contributed by atoms with van der Waals surface area (Å²) in [5, 5.41) is 6.18. The standard InChI is InChI=1S/C21H24FN3O3S2/c1-13(12-21(2,3)29(23)26)20-16(11-14-10-15(22)8-9-17(14)25-20)18-6-5-7-19(24-18)30(4,27)28/h5-11,13H,12,23H2,1-4H3/t13-,29?/m0/s1. The van der Waals surface area contributed by atoms with Crippen molar-refractivity contribution < 1.29 is 17.0 Å². The first kappa shape index (κ1) is 22.5. The van der Waals surface area contributed by atoms with Crippen LogP contribution in [0.1, 0.15) is 38.8 Å². The summed E-state index contributed by atoms with van der Waals surface area (Å²) in [5.41, 5.74) is 2.29. The molecule has 2 atom stereocenters. The Morgan fingerprint density at radius 2 is 1.87 bits per heavy atom. The molecular weight excluding hydrogens is 425 g/mol. The monoisotopic (exact) mass is 449 g/mol. The van der Waals surface area contributed by atoms with Gasteiger partial charge in [0.15, 0.2) is 14.9 Å². The number of benzene rings is 1. The van der Waals surface area contributed by atoms with Gasteiger partial charge in [0.05, 0.1) is 32.6 Å². The van der Waals surface area contributed by atoms with Crippen molar-refractivity contribution in [2.45, 2.75) is 42.9 Å². The molecule has 1 aromatic carbocycles. The Hall–Kier alpha value is -2.23. The van der Waals surface area contributed by atoms with Crippen LogP contribution >= 0.6 is 0 Å². The van der Waals surface area contributed by atoms with Crippen molar-refractivity contribution in [1.82, 2.24) is 9.97 Å². The van der Waals surface area contributed by atoms with Crippen molar-refractivity contribution in [1.29, 1.82) is 0 Å². The van der Waals surface area contributed by atoms with Crippen molar-refractivity contribution in [2.24, 2.45) is 5.14 Å². The maximum absolute atomic E-state index is 13.8. The lowest BCUT2D eigenvalue weighted by Crippen LogP contribution is -2.33. The van der Waals surface area contributed by atoms with E-state index in [1.165, 1.54) is 18.2 Å². The molecule has 9 heteroatoms. The molecule has 3 aromatic rings. The van der Waals surface area contributed by atoms with Gasteiger partial charge in [-0.2, -0.15) is 0 Å². The van der Waals surface area contributed by atoms with Crippen molar-refractivity contribution in [3.8, 4) is 11.3 Å². The highest BCUT2D eigenvalue weighted by atomic mass is 32.2. The second-order valence-electron chi connectivity index (χ2n) is 8.05. The average Bonchev–Trinajstić information content (AvgIpc) is 2.65. The summed E-state index contributed by atoms with van der Waals surface area (Å²) in [7, 11) is -5.04. The van der Waals surface area contributed by atoms with E-state index in [1.54, 1.807) is 24.3 Å². The second-order valence-corrected chi connectivity index (χ2v) is 11.7. The van der Waals surface area contributed by atoms with E-state index in [0.29, 0.717) is 34.3 Å². The topological polar surface area (TPSA) is 103 Å². The van der Waals surface area contributed by atoms with Crippen LogP contribution in [-0.4, -0.2) is 33.6 Å². The van der Waals surface area contributed by atoms with Crippen LogP contribution in [0.5, 0.6) is 0 Å². The third-order valence-corrected chi connectivity index (χ3v) is 7.24. The lowest BCUT2D eigenvalue weighted by molar-refractivity contribution is 0.535. The predicted molar refractivity (Wildman–Crippen MR) is 117 cm³/mol. The number of pyridine rings is 2. The molecule has 0 amide bonds. The van der Waals surface area contributed by atoms with Crippen molar-refractivity contribution in [3.05, 3.63) is 54.0 Å². The molecule has 3 rings (SSSR count). The van der Waals surface area contributed by atoms with Crippen LogP contribution < -0.4 is 5.14 Å². The number of fused-ring (bicyclic) bond motifs is 1. The third kappa shape index (κ3) is 4.74. The van der Waals surface area contributed by atoms with Crippen LogP contribution in [0, 0.1) is 5.82 Å². The zero-order valence-electron chi connectivity index (χ0n) is 17.2. The molecule has 1 unspecified atom stereocenters. The lowest BCUT2D eigenvalue weighted by atomic mass is 9.90. The van der Waals surface area contributed by atoms with Gasteiger partial charge in [-0.15, -0.1) is 0 Å². The van der Waals surface area contributed by atoms with E-state index in [0.717, 1.165) is 6.26 Å². The molecule has 0 aliphatic heterocycles. The van der Waals surface area contributed by atoms with Gasteiger partial charge in [-0.05, 0) is 56.7 Å². The Labute approximate surface area is 178 Å². The maximum Gasteiger partial charge on any atom is 0.192 e. The van der Waals surface area contributed by atoms with Gasteiger partial charge in [-0.3, -0.25) is 10.1 Å². The van der Waals surface area contributed by atoms with Crippen molar-refractivity contribution >= 4 is 31.7 Å². The first-order valence-corrected chi connectivity index (χ1v) is 12.4. The molecule has 160 valence electrons. The van der Waals surface area contributed by atoms with Crippen LogP contribution in [0.3, 0.4) is 0 Å². The first-order chi connectivity index (χ1) is 13.9. The minimum absolute atomic E-state index is 0.0543. The van der Waals surface area contributed by atoms with E-state index in [2.05, 4.69) is 4.98 Å². The fraction of sp³-hybridized carbons (Fsp3) is 0.333. The highest BCUT2D eigenvalue weighted by Crippen LogP contribution is 2.35. The summed E-state index contributed by atoms with van der Waals surface area (Å²) < 4.78 is 49.0. The summed E-state index contributed by atoms with van der Waals surface area (Å²) in [6.07, 6.45) is 1.57. The van der Waals surface area contributed by atoms with Gasteiger partial charge in [-0.1, -0.05) is 13.0 Å². The molecule has 6 nitrogen and oxygen atoms in total. The molecule has 0 saturated heterocycles. The second kappa shape index (κ2) is 8.13. The van der Waals surface area contributed by atoms with Gasteiger partial charge in [0.1, 0.15) is 5.82 Å². The minimum Gasteiger partial charge on any atom is -0.252 e. The summed E-state index contributed by atoms with van der Waals surface area (Å²) in [5.74, 6) is -0.561. The number of hydrogen-bond acceptors (Lipinski definition) is 5. The van der Waals surface area contributed by atoms with Crippen LogP contribution in [0.4, 0.5) is 4.39 Å². The first-order valence-electron chi connectivity index (χ1n) is 9.32. The Kier molecular flexibility index (Phi) is 6.08. The SMILES string of the molecule is C[C@@H](CC(C)(C)S(N)=O)c1nc2ccc(F)cc2cc1-c1cccc(S(C)(=O)=O)n1. The molecule has 0 aliphatic rings. The molecule has 2 N–H and O–H groups in total. The van der Waals surface area contributed by atoms with Crippen LogP contribution in [0.15, 0.2) is 47.5 Å². The van der Waals surface area contributed by atoms with Crippen molar-refractivity contribution in [2.75, 3.05) is 6.26 Å². The zero-order valence-corrected chi connectivity index (χ0v) is 18.8. The van der Waals surface area contributed by atoms with Crippen LogP contribution in [0.2, 0.25) is 0 Å². The Bertz CT molecular complexity index is 1240. The van der Waals surface area contributed by atoms with Gasteiger partial charge in [0.2, 0.25) is 0 Å². The van der Waals surface area contributed by atoms with Crippen LogP contribution in [0.25, 0.3) is 22.2 Å². The quantitative estimate of drug-likeness (QED) is 0.618. The van der Waals surface area contributed by atoms with Gasteiger partial charge in [-0.25, -0.2) is 22.0 Å². The van der Waals surface area contributed by atoms with Gasteiger partial charge in [0.25, 0.3) is 0 Å². The molecule has 0 saturated carbocycles. The molecule has 2 aromatic heterocycles. The normalized spacial score (nSPS) is 14.6. The van der Waals surface area contributed by atoms with Crippen molar-refractivity contribution in [3.63, 3.8) is 0 Å². The Morgan fingerprint density at radius 1 is 1.17 bits per heavy atom. The highest BCUT2D eigenvalue weighted by molar-refractivity contribution is 7.90. The van der Waals surface area contributed by atoms with E-state index in [4.69, 9.17) is 10.1 Å². The molecule has 2 heterocycles. The Morgan fingerprint density at radius 3 is 2.50 bits per heavy atom. The molecule has 0 radical (unpaired) electrons. The summed E-state index contributed by atoms with van der Waals surface area (Å²) in [6.45, 7) is 5.58. The van der Waals surface area contributed by atoms with E-state index in [-0.39, 0.29) is 10.9 Å². The molecule has 30 heavy (non-hydrogen) atoms. The fourth-order valence-electron chi connectivity index (χ4n) is 3.43. The number of rotatable bonds is 6. The summed E-state index contributed by atoms with van der Waals surface area (Å²) in [6, 6.07) is 10.8. The van der Waals surface area contributed by atoms with Gasteiger partial charge in [0, 0.05) is 23.1 Å². The minimum atomic E-state index is -3.50. The molecule has 0 spiro atoms. The number of halogens is 1. The third-order valence-electron chi connectivity index (χ3n) is 4.99. The molecule has 0 aliphatic carbocycles. The summed E-state index contributed by atoms with van der Waals surface area (Å²) >= 11 is 0. The lowest BCUT2D eigenvalue weighted by Gasteiger charge is -2.26. The smallest absolute Gasteiger partial charge is 0.192 e. The predicted octanol–water partition coefficient (Wildman–Crippen LogP) is 3.73. The zero-order chi connectivity index (χ0) is 22.3. The number of sulfone groups is 1. The molecule has 0 bridgehead atoms. The number of hydrogen-bond donors (Lipinski definition) is 1. The van der Waals surface area contributed by atoms with Gasteiger partial charge < -0.3 is 0 Å². The molecule has 0 fully saturated rings. The van der Waals surface area contributed by atoms with E-state index >= 15 is 0 Å².